The van der Waals surface area contributed by atoms with Crippen molar-refractivity contribution in [3.05, 3.63) is 30.1 Å². The van der Waals surface area contributed by atoms with E-state index in [0.29, 0.717) is 0 Å². The Morgan fingerprint density at radius 2 is 1.59 bits per heavy atom. The Hall–Kier alpha value is -2.36. The molecule has 124 valence electrons. The largest absolute Gasteiger partial charge is 0.473 e. The number of anilines is 1. The molecule has 10 heteroatoms. The summed E-state index contributed by atoms with van der Waals surface area (Å²) in [6.45, 7) is -0.544. The highest BCUT2D eigenvalue weighted by Gasteiger charge is 2.41. The lowest BCUT2D eigenvalue weighted by atomic mass is 10.2. The minimum atomic E-state index is -4.40. The van der Waals surface area contributed by atoms with E-state index >= 15 is 0 Å². The number of rotatable bonds is 3. The van der Waals surface area contributed by atoms with Gasteiger partial charge in [0.25, 0.3) is 0 Å². The van der Waals surface area contributed by atoms with Gasteiger partial charge in [-0.1, -0.05) is 0 Å². The second-order valence-electron chi connectivity index (χ2n) is 3.99. The first-order valence-electron chi connectivity index (χ1n) is 5.72. The van der Waals surface area contributed by atoms with Gasteiger partial charge >= 0.3 is 18.1 Å². The molecule has 0 aliphatic rings. The van der Waals surface area contributed by atoms with E-state index in [-0.39, 0.29) is 5.69 Å². The predicted molar refractivity (Wildman–Crippen MR) is 69.0 cm³/mol. The van der Waals surface area contributed by atoms with Crippen molar-refractivity contribution in [3.8, 4) is 0 Å². The molecule has 0 spiro atoms. The van der Waals surface area contributed by atoms with E-state index in [4.69, 9.17) is 25.5 Å². The van der Waals surface area contributed by atoms with Gasteiger partial charge in [0, 0.05) is 19.3 Å². The molecule has 0 saturated carbocycles. The summed E-state index contributed by atoms with van der Waals surface area (Å²) in [4.78, 5) is 19.2. The van der Waals surface area contributed by atoms with E-state index in [2.05, 4.69) is 0 Å². The van der Waals surface area contributed by atoms with Crippen molar-refractivity contribution in [2.45, 2.75) is 12.2 Å². The number of alkyl halides is 3. The maximum absolute atomic E-state index is 12.6. The van der Waals surface area contributed by atoms with Crippen LogP contribution in [0.3, 0.4) is 0 Å². The maximum atomic E-state index is 12.6. The lowest BCUT2D eigenvalue weighted by Gasteiger charge is -2.30. The molecule has 1 unspecified atom stereocenters. The molecule has 1 aromatic carbocycles. The second-order valence-corrected chi connectivity index (χ2v) is 3.99. The highest BCUT2D eigenvalue weighted by Crippen LogP contribution is 2.27. The molecule has 1 atom stereocenters. The summed E-state index contributed by atoms with van der Waals surface area (Å²) in [6, 6.07) is 3.01. The molecule has 0 saturated heterocycles. The standard InChI is InChI=1S/C10H12F4N2.C2H2O4/c1-16(9(6-15)10(12,13)14)8-4-2-7(11)3-5-8;3-1(4)2(5)6/h2-5,9H,6,15H2,1H3;(H,3,4)(H,5,6). The molecule has 1 rings (SSSR count). The Balaban J connectivity index is 0.000000626. The minimum Gasteiger partial charge on any atom is -0.473 e. The van der Waals surface area contributed by atoms with Crippen LogP contribution in [0.4, 0.5) is 23.2 Å². The number of carboxylic acids is 2. The normalized spacial score (nSPS) is 11.9. The number of hydrogen-bond acceptors (Lipinski definition) is 4. The van der Waals surface area contributed by atoms with Crippen molar-refractivity contribution in [2.75, 3.05) is 18.5 Å². The lowest BCUT2D eigenvalue weighted by Crippen LogP contribution is -2.48. The van der Waals surface area contributed by atoms with E-state index in [9.17, 15) is 17.6 Å². The quantitative estimate of drug-likeness (QED) is 0.571. The molecule has 0 heterocycles. The van der Waals surface area contributed by atoms with Gasteiger partial charge < -0.3 is 20.8 Å². The molecule has 1 aromatic rings. The van der Waals surface area contributed by atoms with Gasteiger partial charge in [0.15, 0.2) is 0 Å². The highest BCUT2D eigenvalue weighted by molar-refractivity contribution is 6.27. The first-order chi connectivity index (χ1) is 10.0. The molecule has 22 heavy (non-hydrogen) atoms. The Morgan fingerprint density at radius 3 is 1.86 bits per heavy atom. The molecular weight excluding hydrogens is 312 g/mol. The van der Waals surface area contributed by atoms with Crippen molar-refractivity contribution in [1.82, 2.24) is 0 Å². The van der Waals surface area contributed by atoms with Crippen LogP contribution in [0.5, 0.6) is 0 Å². The number of likely N-dealkylation sites (N-methyl/N-ethyl adjacent to an activating group) is 1. The first kappa shape index (κ1) is 19.6. The fourth-order valence-electron chi connectivity index (χ4n) is 1.37. The van der Waals surface area contributed by atoms with Crippen LogP contribution < -0.4 is 10.6 Å². The minimum absolute atomic E-state index is 0.272. The number of carboxylic acid groups (broad SMARTS) is 2. The van der Waals surface area contributed by atoms with E-state index < -0.39 is 36.5 Å². The van der Waals surface area contributed by atoms with Gasteiger partial charge in [-0.15, -0.1) is 0 Å². The smallest absolute Gasteiger partial charge is 0.414 e. The molecule has 0 amide bonds. The van der Waals surface area contributed by atoms with Gasteiger partial charge in [-0.25, -0.2) is 14.0 Å². The molecule has 0 aliphatic heterocycles. The topological polar surface area (TPSA) is 104 Å². The van der Waals surface area contributed by atoms with E-state index in [1.54, 1.807) is 0 Å². The number of nitrogens with zero attached hydrogens (tertiary/aromatic N) is 1. The Morgan fingerprint density at radius 1 is 1.18 bits per heavy atom. The zero-order valence-corrected chi connectivity index (χ0v) is 11.3. The second kappa shape index (κ2) is 8.17. The average Bonchev–Trinajstić information content (AvgIpc) is 2.39. The number of carbonyl (C=O) groups is 2. The first-order valence-corrected chi connectivity index (χ1v) is 5.72. The summed E-state index contributed by atoms with van der Waals surface area (Å²) in [5.41, 5.74) is 5.36. The van der Waals surface area contributed by atoms with E-state index in [1.165, 1.54) is 19.2 Å². The SMILES string of the molecule is CN(c1ccc(F)cc1)C(CN)C(F)(F)F.O=C(O)C(=O)O. The Bertz CT molecular complexity index is 493. The van der Waals surface area contributed by atoms with E-state index in [0.717, 1.165) is 17.0 Å². The van der Waals surface area contributed by atoms with Crippen molar-refractivity contribution < 1.29 is 37.4 Å². The molecule has 0 aromatic heterocycles. The summed E-state index contributed by atoms with van der Waals surface area (Å²) in [7, 11) is 1.28. The van der Waals surface area contributed by atoms with Gasteiger partial charge in [-0.3, -0.25) is 0 Å². The monoisotopic (exact) mass is 326 g/mol. The summed E-state index contributed by atoms with van der Waals surface area (Å²) < 4.78 is 50.2. The molecule has 0 radical (unpaired) electrons. The summed E-state index contributed by atoms with van der Waals surface area (Å²) in [5.74, 6) is -4.14. The van der Waals surface area contributed by atoms with Crippen LogP contribution in [-0.4, -0.2) is 48.0 Å². The molecule has 0 aliphatic carbocycles. The number of aliphatic carboxylic acids is 2. The lowest BCUT2D eigenvalue weighted by molar-refractivity contribution is -0.159. The zero-order chi connectivity index (χ0) is 17.5. The van der Waals surface area contributed by atoms with Gasteiger partial charge in [0.2, 0.25) is 0 Å². The van der Waals surface area contributed by atoms with Gasteiger partial charge in [-0.2, -0.15) is 13.2 Å². The fourth-order valence-corrected chi connectivity index (χ4v) is 1.37. The van der Waals surface area contributed by atoms with Crippen LogP contribution in [0.2, 0.25) is 0 Å². The molecule has 0 bridgehead atoms. The van der Waals surface area contributed by atoms with Crippen LogP contribution in [0.1, 0.15) is 0 Å². The van der Waals surface area contributed by atoms with Crippen molar-refractivity contribution in [1.29, 1.82) is 0 Å². The molecule has 4 N–H and O–H groups in total. The average molecular weight is 326 g/mol. The van der Waals surface area contributed by atoms with Crippen molar-refractivity contribution in [2.24, 2.45) is 5.73 Å². The maximum Gasteiger partial charge on any atom is 0.414 e. The fraction of sp³-hybridized carbons (Fsp3) is 0.333. The Kier molecular flexibility index (Phi) is 7.30. The number of hydrogen-bond donors (Lipinski definition) is 3. The molecule has 6 nitrogen and oxygen atoms in total. The van der Waals surface area contributed by atoms with Gasteiger partial charge in [0.05, 0.1) is 0 Å². The summed E-state index contributed by atoms with van der Waals surface area (Å²) in [6.07, 6.45) is -4.40. The third-order valence-electron chi connectivity index (χ3n) is 2.49. The van der Waals surface area contributed by atoms with E-state index in [1.807, 2.05) is 0 Å². The Labute approximate surface area is 122 Å². The third-order valence-corrected chi connectivity index (χ3v) is 2.49. The van der Waals surface area contributed by atoms with Gasteiger partial charge in [-0.05, 0) is 24.3 Å². The van der Waals surface area contributed by atoms with Crippen molar-refractivity contribution in [3.63, 3.8) is 0 Å². The molecular formula is C12H14F4N2O4. The van der Waals surface area contributed by atoms with Crippen LogP contribution >= 0.6 is 0 Å². The summed E-state index contributed by atoms with van der Waals surface area (Å²) in [5, 5.41) is 14.8. The van der Waals surface area contributed by atoms with Crippen LogP contribution in [0.25, 0.3) is 0 Å². The van der Waals surface area contributed by atoms with Crippen LogP contribution in [0.15, 0.2) is 24.3 Å². The highest BCUT2D eigenvalue weighted by atomic mass is 19.4. The zero-order valence-electron chi connectivity index (χ0n) is 11.3. The summed E-state index contributed by atoms with van der Waals surface area (Å²) >= 11 is 0. The number of halogens is 4. The number of benzene rings is 1. The van der Waals surface area contributed by atoms with Crippen LogP contribution in [-0.2, 0) is 9.59 Å². The van der Waals surface area contributed by atoms with Gasteiger partial charge in [0.1, 0.15) is 11.9 Å². The predicted octanol–water partition coefficient (Wildman–Crippen LogP) is 1.31. The number of nitrogens with two attached hydrogens (primary N) is 1. The van der Waals surface area contributed by atoms with Crippen molar-refractivity contribution >= 4 is 17.6 Å². The van der Waals surface area contributed by atoms with Crippen LogP contribution in [0, 0.1) is 5.82 Å². The third kappa shape index (κ3) is 6.39. The molecule has 0 fully saturated rings.